The van der Waals surface area contributed by atoms with Crippen LogP contribution < -0.4 is 0 Å². The summed E-state index contributed by atoms with van der Waals surface area (Å²) >= 11 is 10.4. The average molecular weight is 551 g/mol. The molecule has 0 N–H and O–H groups in total. The molecule has 0 aliphatic heterocycles. The first-order valence-corrected chi connectivity index (χ1v) is 13.0. The Morgan fingerprint density at radius 1 is 0.560 bits per heavy atom. The molecule has 3 unspecified atom stereocenters. The van der Waals surface area contributed by atoms with Crippen molar-refractivity contribution in [3.63, 3.8) is 0 Å². The van der Waals surface area contributed by atoms with Gasteiger partial charge >= 0.3 is 7.32 Å². The maximum absolute atomic E-state index is 6.07. The van der Waals surface area contributed by atoms with Crippen LogP contribution in [0.4, 0.5) is 0 Å². The molecule has 0 aromatic heterocycles. The zero-order chi connectivity index (χ0) is 18.9. The number of alkyl halides is 3. The molecule has 0 saturated heterocycles. The topological polar surface area (TPSA) is 27.7 Å². The maximum Gasteiger partial charge on any atom is 0.639 e. The standard InChI is InChI=1S/C18H36BBr3O3/c1-16(10-4-7-13-20)23-19(24-17(2)11-5-8-14-21)25-18(3)12-6-9-15-22/h16-18H,4-15H2,1-3H3. The fourth-order valence-electron chi connectivity index (χ4n) is 2.45. The summed E-state index contributed by atoms with van der Waals surface area (Å²) in [6.07, 6.45) is 10.5. The van der Waals surface area contributed by atoms with E-state index in [2.05, 4.69) is 68.6 Å². The number of unbranched alkanes of at least 4 members (excludes halogenated alkanes) is 3. The van der Waals surface area contributed by atoms with Crippen LogP contribution in [0.5, 0.6) is 0 Å². The Bertz CT molecular complexity index is 245. The zero-order valence-electron chi connectivity index (χ0n) is 16.2. The van der Waals surface area contributed by atoms with E-state index < -0.39 is 7.32 Å². The first kappa shape index (κ1) is 26.4. The highest BCUT2D eigenvalue weighted by Crippen LogP contribution is 2.15. The Balaban J connectivity index is 4.37. The van der Waals surface area contributed by atoms with Crippen molar-refractivity contribution in [3.8, 4) is 0 Å². The van der Waals surface area contributed by atoms with Crippen molar-refractivity contribution >= 4 is 55.1 Å². The summed E-state index contributed by atoms with van der Waals surface area (Å²) in [5, 5.41) is 3.14. The van der Waals surface area contributed by atoms with Gasteiger partial charge in [0.25, 0.3) is 0 Å². The van der Waals surface area contributed by atoms with Gasteiger partial charge in [-0.2, -0.15) is 0 Å². The van der Waals surface area contributed by atoms with Crippen LogP contribution in [-0.2, 0) is 14.0 Å². The highest BCUT2D eigenvalue weighted by Gasteiger charge is 2.28. The minimum atomic E-state index is -0.558. The van der Waals surface area contributed by atoms with E-state index in [0.717, 1.165) is 54.5 Å². The van der Waals surface area contributed by atoms with E-state index in [4.69, 9.17) is 14.0 Å². The second-order valence-corrected chi connectivity index (χ2v) is 9.06. The third-order valence-corrected chi connectivity index (χ3v) is 5.70. The lowest BCUT2D eigenvalue weighted by Gasteiger charge is -2.25. The van der Waals surface area contributed by atoms with E-state index in [9.17, 15) is 0 Å². The largest absolute Gasteiger partial charge is 0.639 e. The molecular weight excluding hydrogens is 515 g/mol. The Morgan fingerprint density at radius 3 is 1.08 bits per heavy atom. The van der Waals surface area contributed by atoms with E-state index in [-0.39, 0.29) is 18.3 Å². The third-order valence-electron chi connectivity index (χ3n) is 4.01. The van der Waals surface area contributed by atoms with Gasteiger partial charge in [0.15, 0.2) is 0 Å². The minimum absolute atomic E-state index is 0.147. The van der Waals surface area contributed by atoms with Crippen LogP contribution in [0, 0.1) is 0 Å². The second-order valence-electron chi connectivity index (χ2n) is 6.68. The minimum Gasteiger partial charge on any atom is -0.383 e. The third kappa shape index (κ3) is 17.2. The van der Waals surface area contributed by atoms with Gasteiger partial charge in [0, 0.05) is 34.3 Å². The SMILES string of the molecule is CC(CCCCBr)OB(OC(C)CCCCBr)OC(C)CCCCBr. The zero-order valence-corrected chi connectivity index (χ0v) is 20.9. The second kappa shape index (κ2) is 18.7. The summed E-state index contributed by atoms with van der Waals surface area (Å²) in [5.74, 6) is 0. The maximum atomic E-state index is 6.07. The van der Waals surface area contributed by atoms with Crippen LogP contribution in [0.2, 0.25) is 0 Å². The lowest BCUT2D eigenvalue weighted by atomic mass is 10.1. The number of hydrogen-bond donors (Lipinski definition) is 0. The molecule has 7 heteroatoms. The van der Waals surface area contributed by atoms with Crippen molar-refractivity contribution in [3.05, 3.63) is 0 Å². The van der Waals surface area contributed by atoms with Crippen LogP contribution >= 0.6 is 47.8 Å². The molecule has 0 aromatic carbocycles. The van der Waals surface area contributed by atoms with Crippen LogP contribution in [0.3, 0.4) is 0 Å². The normalized spacial score (nSPS) is 15.1. The summed E-state index contributed by atoms with van der Waals surface area (Å²) in [4.78, 5) is 0. The van der Waals surface area contributed by atoms with E-state index in [1.54, 1.807) is 0 Å². The van der Waals surface area contributed by atoms with Crippen LogP contribution in [0.1, 0.15) is 78.6 Å². The highest BCUT2D eigenvalue weighted by molar-refractivity contribution is 9.09. The molecular formula is C18H36BBr3O3. The highest BCUT2D eigenvalue weighted by atomic mass is 79.9. The number of halogens is 3. The van der Waals surface area contributed by atoms with Gasteiger partial charge < -0.3 is 14.0 Å². The molecule has 150 valence electrons. The van der Waals surface area contributed by atoms with Crippen molar-refractivity contribution in [2.24, 2.45) is 0 Å². The molecule has 0 radical (unpaired) electrons. The van der Waals surface area contributed by atoms with Gasteiger partial charge in [0.1, 0.15) is 0 Å². The molecule has 3 nitrogen and oxygen atoms in total. The quantitative estimate of drug-likeness (QED) is 0.106. The fraction of sp³-hybridized carbons (Fsp3) is 1.00. The average Bonchev–Trinajstić information content (AvgIpc) is 2.55. The van der Waals surface area contributed by atoms with Gasteiger partial charge in [0.05, 0.1) is 0 Å². The number of hydrogen-bond acceptors (Lipinski definition) is 3. The lowest BCUT2D eigenvalue weighted by Crippen LogP contribution is -2.37. The van der Waals surface area contributed by atoms with Gasteiger partial charge in [-0.25, -0.2) is 0 Å². The van der Waals surface area contributed by atoms with E-state index in [0.29, 0.717) is 0 Å². The number of rotatable bonds is 18. The molecule has 0 rings (SSSR count). The molecule has 0 heterocycles. The molecule has 0 aliphatic rings. The molecule has 25 heavy (non-hydrogen) atoms. The van der Waals surface area contributed by atoms with Crippen molar-refractivity contribution in [2.45, 2.75) is 96.9 Å². The Hall–Kier alpha value is 1.38. The molecule has 3 atom stereocenters. The molecule has 0 amide bonds. The van der Waals surface area contributed by atoms with Crippen LogP contribution in [-0.4, -0.2) is 41.6 Å². The Kier molecular flexibility index (Phi) is 19.8. The van der Waals surface area contributed by atoms with E-state index in [1.807, 2.05) is 0 Å². The van der Waals surface area contributed by atoms with Crippen molar-refractivity contribution in [2.75, 3.05) is 16.0 Å². The predicted octanol–water partition coefficient (Wildman–Crippen LogP) is 6.88. The molecule has 0 spiro atoms. The van der Waals surface area contributed by atoms with Gasteiger partial charge in [-0.1, -0.05) is 67.1 Å². The van der Waals surface area contributed by atoms with Crippen molar-refractivity contribution in [1.82, 2.24) is 0 Å². The van der Waals surface area contributed by atoms with Gasteiger partial charge in [-0.15, -0.1) is 0 Å². The van der Waals surface area contributed by atoms with Crippen molar-refractivity contribution in [1.29, 1.82) is 0 Å². The molecule has 0 saturated carbocycles. The predicted molar refractivity (Wildman–Crippen MR) is 120 cm³/mol. The van der Waals surface area contributed by atoms with Gasteiger partial charge in [0.2, 0.25) is 0 Å². The van der Waals surface area contributed by atoms with Crippen LogP contribution in [0.25, 0.3) is 0 Å². The smallest absolute Gasteiger partial charge is 0.383 e. The first-order chi connectivity index (χ1) is 12.0. The summed E-state index contributed by atoms with van der Waals surface area (Å²) in [7, 11) is -0.558. The fourth-order valence-corrected chi connectivity index (χ4v) is 3.64. The molecule has 0 aliphatic carbocycles. The van der Waals surface area contributed by atoms with E-state index in [1.165, 1.54) is 19.3 Å². The summed E-state index contributed by atoms with van der Waals surface area (Å²) in [5.41, 5.74) is 0. The molecule has 0 fully saturated rings. The lowest BCUT2D eigenvalue weighted by molar-refractivity contribution is 0.0137. The van der Waals surface area contributed by atoms with Gasteiger partial charge in [-0.05, 0) is 59.3 Å². The van der Waals surface area contributed by atoms with Crippen molar-refractivity contribution < 1.29 is 14.0 Å². The van der Waals surface area contributed by atoms with Crippen LogP contribution in [0.15, 0.2) is 0 Å². The van der Waals surface area contributed by atoms with Gasteiger partial charge in [-0.3, -0.25) is 0 Å². The monoisotopic (exact) mass is 548 g/mol. The summed E-state index contributed by atoms with van der Waals surface area (Å²) in [6.45, 7) is 6.33. The Labute approximate surface area is 181 Å². The van der Waals surface area contributed by atoms with E-state index >= 15 is 0 Å². The first-order valence-electron chi connectivity index (χ1n) is 9.67. The molecule has 0 bridgehead atoms. The Morgan fingerprint density at radius 2 is 0.840 bits per heavy atom. The summed E-state index contributed by atoms with van der Waals surface area (Å²) in [6, 6.07) is 0. The summed E-state index contributed by atoms with van der Waals surface area (Å²) < 4.78 is 18.2. The molecule has 0 aromatic rings.